The maximum absolute atomic E-state index is 11.8. The molecule has 0 aliphatic carbocycles. The second-order valence-corrected chi connectivity index (χ2v) is 5.49. The molecule has 2 heterocycles. The van der Waals surface area contributed by atoms with E-state index < -0.39 is 0 Å². The summed E-state index contributed by atoms with van der Waals surface area (Å²) in [5.74, 6) is 0.671. The number of carbonyl (C=O) groups is 1. The predicted molar refractivity (Wildman–Crippen MR) is 77.4 cm³/mol. The molecule has 0 aliphatic rings. The molecule has 5 nitrogen and oxygen atoms in total. The van der Waals surface area contributed by atoms with Gasteiger partial charge in [-0.05, 0) is 31.9 Å². The first-order valence-corrected chi connectivity index (χ1v) is 7.45. The van der Waals surface area contributed by atoms with Crippen LogP contribution in [0.25, 0.3) is 10.8 Å². The molecule has 0 saturated heterocycles. The largest absolute Gasteiger partial charge is 0.462 e. The van der Waals surface area contributed by atoms with Gasteiger partial charge in [0, 0.05) is 18.0 Å². The SMILES string of the molecule is CC(CCCO)NC(=O)Cc1csc(-c2ccco2)n1. The van der Waals surface area contributed by atoms with Crippen molar-refractivity contribution in [3.05, 3.63) is 29.5 Å². The standard InChI is InChI=1S/C14H18N2O3S/c1-10(4-2-6-17)15-13(18)8-11-9-20-14(16-11)12-5-3-7-19-12/h3,5,7,9-10,17H,2,4,6,8H2,1H3,(H,15,18). The smallest absolute Gasteiger partial charge is 0.226 e. The summed E-state index contributed by atoms with van der Waals surface area (Å²) in [5.41, 5.74) is 0.744. The number of thiazole rings is 1. The maximum Gasteiger partial charge on any atom is 0.226 e. The number of amides is 1. The first kappa shape index (κ1) is 14.7. The predicted octanol–water partition coefficient (Wildman–Crippen LogP) is 2.22. The Morgan fingerprint density at radius 3 is 3.15 bits per heavy atom. The summed E-state index contributed by atoms with van der Waals surface area (Å²) in [7, 11) is 0. The molecule has 2 N–H and O–H groups in total. The molecule has 2 aromatic rings. The fourth-order valence-corrected chi connectivity index (χ4v) is 2.65. The average Bonchev–Trinajstić information content (AvgIpc) is 3.06. The van der Waals surface area contributed by atoms with Gasteiger partial charge in [-0.3, -0.25) is 4.79 Å². The van der Waals surface area contributed by atoms with Crippen LogP contribution in [0.1, 0.15) is 25.5 Å². The highest BCUT2D eigenvalue weighted by atomic mass is 32.1. The summed E-state index contributed by atoms with van der Waals surface area (Å²) in [6.45, 7) is 2.09. The zero-order valence-electron chi connectivity index (χ0n) is 11.3. The van der Waals surface area contributed by atoms with Crippen molar-refractivity contribution in [2.45, 2.75) is 32.2 Å². The van der Waals surface area contributed by atoms with E-state index >= 15 is 0 Å². The van der Waals surface area contributed by atoms with Crippen LogP contribution < -0.4 is 5.32 Å². The van der Waals surface area contributed by atoms with E-state index in [-0.39, 0.29) is 25.0 Å². The molecule has 2 rings (SSSR count). The van der Waals surface area contributed by atoms with Crippen LogP contribution in [-0.2, 0) is 11.2 Å². The quantitative estimate of drug-likeness (QED) is 0.821. The summed E-state index contributed by atoms with van der Waals surface area (Å²) >= 11 is 1.46. The van der Waals surface area contributed by atoms with Crippen molar-refractivity contribution in [1.82, 2.24) is 10.3 Å². The molecule has 0 aliphatic heterocycles. The molecule has 1 atom stereocenters. The van der Waals surface area contributed by atoms with Crippen LogP contribution in [0, 0.1) is 0 Å². The summed E-state index contributed by atoms with van der Waals surface area (Å²) in [6, 6.07) is 3.73. The lowest BCUT2D eigenvalue weighted by Crippen LogP contribution is -2.33. The van der Waals surface area contributed by atoms with Gasteiger partial charge in [-0.25, -0.2) is 4.98 Å². The van der Waals surface area contributed by atoms with Crippen molar-refractivity contribution in [3.8, 4) is 10.8 Å². The minimum absolute atomic E-state index is 0.0493. The highest BCUT2D eigenvalue weighted by molar-refractivity contribution is 7.13. The molecule has 1 unspecified atom stereocenters. The topological polar surface area (TPSA) is 75.4 Å². The zero-order chi connectivity index (χ0) is 14.4. The van der Waals surface area contributed by atoms with Crippen molar-refractivity contribution in [1.29, 1.82) is 0 Å². The van der Waals surface area contributed by atoms with Crippen LogP contribution >= 0.6 is 11.3 Å². The molecule has 0 spiro atoms. The minimum atomic E-state index is -0.0493. The molecule has 2 aromatic heterocycles. The van der Waals surface area contributed by atoms with Crippen LogP contribution in [0.3, 0.4) is 0 Å². The normalized spacial score (nSPS) is 12.3. The zero-order valence-corrected chi connectivity index (χ0v) is 12.2. The highest BCUT2D eigenvalue weighted by Gasteiger charge is 2.12. The molecule has 20 heavy (non-hydrogen) atoms. The van der Waals surface area contributed by atoms with E-state index in [1.165, 1.54) is 11.3 Å². The molecular formula is C14H18N2O3S. The van der Waals surface area contributed by atoms with Gasteiger partial charge in [0.1, 0.15) is 0 Å². The molecule has 1 amide bonds. The minimum Gasteiger partial charge on any atom is -0.462 e. The van der Waals surface area contributed by atoms with Crippen LogP contribution in [0.4, 0.5) is 0 Å². The highest BCUT2D eigenvalue weighted by Crippen LogP contribution is 2.24. The Hall–Kier alpha value is -1.66. The number of rotatable bonds is 7. The van der Waals surface area contributed by atoms with E-state index in [0.717, 1.165) is 22.9 Å². The van der Waals surface area contributed by atoms with Crippen LogP contribution in [0.5, 0.6) is 0 Å². The van der Waals surface area contributed by atoms with Gasteiger partial charge in [0.05, 0.1) is 18.4 Å². The maximum atomic E-state index is 11.8. The van der Waals surface area contributed by atoms with Gasteiger partial charge in [0.25, 0.3) is 0 Å². The number of hydrogen-bond acceptors (Lipinski definition) is 5. The fourth-order valence-electron chi connectivity index (χ4n) is 1.86. The third kappa shape index (κ3) is 4.18. The number of furan rings is 1. The van der Waals surface area contributed by atoms with Gasteiger partial charge >= 0.3 is 0 Å². The number of hydrogen-bond donors (Lipinski definition) is 2. The Morgan fingerprint density at radius 1 is 1.60 bits per heavy atom. The van der Waals surface area contributed by atoms with E-state index in [1.54, 1.807) is 6.26 Å². The van der Waals surface area contributed by atoms with Crippen molar-refractivity contribution in [3.63, 3.8) is 0 Å². The molecule has 108 valence electrons. The third-order valence-corrected chi connectivity index (χ3v) is 3.73. The van der Waals surface area contributed by atoms with Gasteiger partial charge in [-0.15, -0.1) is 11.3 Å². The molecule has 0 bridgehead atoms. The van der Waals surface area contributed by atoms with Crippen molar-refractivity contribution >= 4 is 17.2 Å². The Kier molecular flexibility index (Phi) is 5.31. The fraction of sp³-hybridized carbons (Fsp3) is 0.429. The Morgan fingerprint density at radius 2 is 2.45 bits per heavy atom. The first-order valence-electron chi connectivity index (χ1n) is 6.57. The van der Waals surface area contributed by atoms with E-state index in [2.05, 4.69) is 10.3 Å². The molecule has 6 heteroatoms. The number of aliphatic hydroxyl groups excluding tert-OH is 1. The van der Waals surface area contributed by atoms with Crippen LogP contribution in [0.2, 0.25) is 0 Å². The molecule has 0 saturated carbocycles. The van der Waals surface area contributed by atoms with Gasteiger partial charge in [0.2, 0.25) is 5.91 Å². The third-order valence-electron chi connectivity index (χ3n) is 2.83. The summed E-state index contributed by atoms with van der Waals surface area (Å²) < 4.78 is 5.27. The van der Waals surface area contributed by atoms with Crippen molar-refractivity contribution in [2.24, 2.45) is 0 Å². The Balaban J connectivity index is 1.86. The van der Waals surface area contributed by atoms with Crippen molar-refractivity contribution < 1.29 is 14.3 Å². The summed E-state index contributed by atoms with van der Waals surface area (Å²) in [4.78, 5) is 16.2. The van der Waals surface area contributed by atoms with Gasteiger partial charge in [0.15, 0.2) is 10.8 Å². The lowest BCUT2D eigenvalue weighted by atomic mass is 10.2. The van der Waals surface area contributed by atoms with Gasteiger partial charge in [-0.1, -0.05) is 0 Å². The summed E-state index contributed by atoms with van der Waals surface area (Å²) in [6.07, 6.45) is 3.34. The molecule has 0 aromatic carbocycles. The summed E-state index contributed by atoms with van der Waals surface area (Å²) in [5, 5.41) is 14.3. The average molecular weight is 294 g/mol. The van der Waals surface area contributed by atoms with Crippen LogP contribution in [0.15, 0.2) is 28.2 Å². The first-order chi connectivity index (χ1) is 9.69. The van der Waals surface area contributed by atoms with E-state index in [0.29, 0.717) is 6.42 Å². The lowest BCUT2D eigenvalue weighted by Gasteiger charge is -2.12. The molecular weight excluding hydrogens is 276 g/mol. The number of aromatic nitrogens is 1. The number of nitrogens with one attached hydrogen (secondary N) is 1. The Labute approximate surface area is 121 Å². The number of aliphatic hydroxyl groups is 1. The van der Waals surface area contributed by atoms with E-state index in [9.17, 15) is 4.79 Å². The van der Waals surface area contributed by atoms with Crippen LogP contribution in [-0.4, -0.2) is 28.6 Å². The molecule has 0 fully saturated rings. The van der Waals surface area contributed by atoms with Gasteiger partial charge < -0.3 is 14.8 Å². The van der Waals surface area contributed by atoms with Gasteiger partial charge in [-0.2, -0.15) is 0 Å². The molecule has 0 radical (unpaired) electrons. The lowest BCUT2D eigenvalue weighted by molar-refractivity contribution is -0.121. The van der Waals surface area contributed by atoms with E-state index in [4.69, 9.17) is 9.52 Å². The second-order valence-electron chi connectivity index (χ2n) is 4.63. The number of nitrogens with zero attached hydrogens (tertiary/aromatic N) is 1. The van der Waals surface area contributed by atoms with E-state index in [1.807, 2.05) is 24.4 Å². The Bertz CT molecular complexity index is 536. The second kappa shape index (κ2) is 7.21. The van der Waals surface area contributed by atoms with Crippen molar-refractivity contribution in [2.75, 3.05) is 6.61 Å². The monoisotopic (exact) mass is 294 g/mol. The number of carbonyl (C=O) groups excluding carboxylic acids is 1.